The highest BCUT2D eigenvalue weighted by molar-refractivity contribution is 7.18. The number of rotatable bonds is 4. The number of nitrogens with zero attached hydrogens (tertiary/aromatic N) is 5. The van der Waals surface area contributed by atoms with Crippen molar-refractivity contribution in [3.05, 3.63) is 28.9 Å². The van der Waals surface area contributed by atoms with Gasteiger partial charge in [-0.2, -0.15) is 4.98 Å². The Morgan fingerprint density at radius 1 is 1.21 bits per heavy atom. The molecule has 0 amide bonds. The van der Waals surface area contributed by atoms with E-state index in [1.807, 2.05) is 13.1 Å². The lowest BCUT2D eigenvalue weighted by Crippen LogP contribution is -2.49. The van der Waals surface area contributed by atoms with Gasteiger partial charge in [-0.1, -0.05) is 0 Å². The molecule has 2 aliphatic rings. The van der Waals surface area contributed by atoms with E-state index >= 15 is 0 Å². The second-order valence-electron chi connectivity index (χ2n) is 7.69. The molecule has 28 heavy (non-hydrogen) atoms. The van der Waals surface area contributed by atoms with Gasteiger partial charge in [0.1, 0.15) is 0 Å². The van der Waals surface area contributed by atoms with Crippen LogP contribution in [0.3, 0.4) is 0 Å². The molecule has 0 radical (unpaired) electrons. The molecule has 1 saturated carbocycles. The Morgan fingerprint density at radius 3 is 2.82 bits per heavy atom. The van der Waals surface area contributed by atoms with E-state index in [-0.39, 0.29) is 0 Å². The average molecular weight is 397 g/mol. The first-order chi connectivity index (χ1) is 13.5. The van der Waals surface area contributed by atoms with Crippen molar-refractivity contribution in [2.24, 2.45) is 0 Å². The summed E-state index contributed by atoms with van der Waals surface area (Å²) in [6.45, 7) is 4.97. The predicted octanol–water partition coefficient (Wildman–Crippen LogP) is 3.84. The number of aryl methyl sites for hydroxylation is 2. The van der Waals surface area contributed by atoms with Crippen molar-refractivity contribution in [2.45, 2.75) is 38.8 Å². The van der Waals surface area contributed by atoms with Crippen LogP contribution in [0.5, 0.6) is 0 Å². The van der Waals surface area contributed by atoms with Crippen LogP contribution < -0.4 is 15.1 Å². The third-order valence-corrected chi connectivity index (χ3v) is 6.66. The highest BCUT2D eigenvalue weighted by Gasteiger charge is 2.39. The fourth-order valence-electron chi connectivity index (χ4n) is 4.00. The molecular formula is C20H24N6OS. The molecule has 2 aromatic heterocycles. The van der Waals surface area contributed by atoms with E-state index in [9.17, 15) is 0 Å². The summed E-state index contributed by atoms with van der Waals surface area (Å²) < 4.78 is 6.63. The maximum atomic E-state index is 5.45. The van der Waals surface area contributed by atoms with Crippen LogP contribution in [0.25, 0.3) is 10.2 Å². The zero-order valence-corrected chi connectivity index (χ0v) is 17.4. The highest BCUT2D eigenvalue weighted by atomic mass is 32.1. The molecule has 0 bridgehead atoms. The quantitative estimate of drug-likeness (QED) is 0.719. The van der Waals surface area contributed by atoms with Crippen molar-refractivity contribution in [3.8, 4) is 0 Å². The fraction of sp³-hybridized carbons (Fsp3) is 0.450. The van der Waals surface area contributed by atoms with Gasteiger partial charge in [0.2, 0.25) is 5.95 Å². The number of nitrogens with one attached hydrogen (secondary N) is 1. The van der Waals surface area contributed by atoms with Crippen LogP contribution in [-0.4, -0.2) is 47.9 Å². The first kappa shape index (κ1) is 17.6. The molecule has 0 saturated heterocycles. The van der Waals surface area contributed by atoms with E-state index in [0.29, 0.717) is 18.1 Å². The maximum Gasteiger partial charge on any atom is 0.229 e. The number of anilines is 4. The predicted molar refractivity (Wildman–Crippen MR) is 114 cm³/mol. The fourth-order valence-corrected chi connectivity index (χ4v) is 4.85. The molecule has 3 aromatic rings. The van der Waals surface area contributed by atoms with Crippen LogP contribution in [0.2, 0.25) is 0 Å². The third kappa shape index (κ3) is 2.87. The number of hydrogen-bond donors (Lipinski definition) is 1. The molecule has 0 atom stereocenters. The van der Waals surface area contributed by atoms with Gasteiger partial charge in [0, 0.05) is 25.9 Å². The van der Waals surface area contributed by atoms with Crippen LogP contribution in [0.15, 0.2) is 18.3 Å². The van der Waals surface area contributed by atoms with Crippen molar-refractivity contribution in [3.63, 3.8) is 0 Å². The molecule has 7 nitrogen and oxygen atoms in total. The Balaban J connectivity index is 1.44. The van der Waals surface area contributed by atoms with Crippen LogP contribution in [0.4, 0.5) is 23.1 Å². The minimum atomic E-state index is 0.371. The zero-order chi connectivity index (χ0) is 19.4. The van der Waals surface area contributed by atoms with Crippen LogP contribution in [-0.2, 0) is 4.74 Å². The van der Waals surface area contributed by atoms with E-state index in [4.69, 9.17) is 9.72 Å². The Kier molecular flexibility index (Phi) is 4.13. The molecule has 146 valence electrons. The van der Waals surface area contributed by atoms with Crippen molar-refractivity contribution in [1.82, 2.24) is 15.0 Å². The summed E-state index contributed by atoms with van der Waals surface area (Å²) in [4.78, 5) is 18.6. The Hall–Kier alpha value is -2.45. The Bertz CT molecular complexity index is 1040. The third-order valence-electron chi connectivity index (χ3n) is 5.73. The first-order valence-corrected chi connectivity index (χ1v) is 10.4. The summed E-state index contributed by atoms with van der Waals surface area (Å²) in [5, 5.41) is 4.50. The van der Waals surface area contributed by atoms with E-state index in [0.717, 1.165) is 52.8 Å². The number of fused-ring (bicyclic) bond motifs is 2. The van der Waals surface area contributed by atoms with E-state index in [2.05, 4.69) is 51.2 Å². The second kappa shape index (κ2) is 6.56. The molecule has 1 aromatic carbocycles. The molecule has 1 aliphatic carbocycles. The summed E-state index contributed by atoms with van der Waals surface area (Å²) in [5.74, 6) is 1.64. The van der Waals surface area contributed by atoms with Gasteiger partial charge in [-0.3, -0.25) is 0 Å². The van der Waals surface area contributed by atoms with Gasteiger partial charge in [0.05, 0.1) is 39.9 Å². The summed E-state index contributed by atoms with van der Waals surface area (Å²) >= 11 is 1.70. The number of thiazole rings is 1. The Morgan fingerprint density at radius 2 is 2.04 bits per heavy atom. The SMILES string of the molecule is COC1CC(N2CN(C)c3cnc(Nc4cc5sc(C)nc5cc4C)nc32)C1. The molecule has 1 N–H and O–H groups in total. The minimum Gasteiger partial charge on any atom is -0.381 e. The van der Waals surface area contributed by atoms with Crippen LogP contribution >= 0.6 is 11.3 Å². The number of methoxy groups -OCH3 is 1. The van der Waals surface area contributed by atoms with Crippen molar-refractivity contribution >= 4 is 44.7 Å². The molecule has 0 unspecified atom stereocenters. The van der Waals surface area contributed by atoms with Gasteiger partial charge < -0.3 is 19.9 Å². The monoisotopic (exact) mass is 396 g/mol. The second-order valence-corrected chi connectivity index (χ2v) is 8.92. The number of aromatic nitrogens is 3. The largest absolute Gasteiger partial charge is 0.381 e. The molecule has 1 fully saturated rings. The van der Waals surface area contributed by atoms with E-state index < -0.39 is 0 Å². The molecule has 0 spiro atoms. The highest BCUT2D eigenvalue weighted by Crippen LogP contribution is 2.40. The summed E-state index contributed by atoms with van der Waals surface area (Å²) in [7, 11) is 3.88. The summed E-state index contributed by atoms with van der Waals surface area (Å²) in [6, 6.07) is 4.74. The standard InChI is InChI=1S/C20H24N6OS/c1-11-5-16-18(28-12(2)22-16)8-15(11)23-20-21-9-17-19(24-20)26(10-25(17)3)13-6-14(7-13)27-4/h5,8-9,13-14H,6-7,10H2,1-4H3,(H,21,23,24). The molecular weight excluding hydrogens is 372 g/mol. The topological polar surface area (TPSA) is 66.4 Å². The molecule has 3 heterocycles. The van der Waals surface area contributed by atoms with Crippen molar-refractivity contribution < 1.29 is 4.74 Å². The number of benzene rings is 1. The van der Waals surface area contributed by atoms with Crippen LogP contribution in [0, 0.1) is 13.8 Å². The smallest absolute Gasteiger partial charge is 0.229 e. The van der Waals surface area contributed by atoms with Crippen molar-refractivity contribution in [2.75, 3.05) is 35.9 Å². The van der Waals surface area contributed by atoms with Gasteiger partial charge in [-0.05, 0) is 44.4 Å². The minimum absolute atomic E-state index is 0.371. The lowest BCUT2D eigenvalue weighted by molar-refractivity contribution is 0.0257. The van der Waals surface area contributed by atoms with Gasteiger partial charge in [-0.15, -0.1) is 11.3 Å². The average Bonchev–Trinajstić information content (AvgIpc) is 3.13. The lowest BCUT2D eigenvalue weighted by Gasteiger charge is -2.40. The van der Waals surface area contributed by atoms with Gasteiger partial charge in [0.15, 0.2) is 5.82 Å². The Labute approximate surface area is 168 Å². The molecule has 5 rings (SSSR count). The van der Waals surface area contributed by atoms with Crippen LogP contribution in [0.1, 0.15) is 23.4 Å². The van der Waals surface area contributed by atoms with Gasteiger partial charge in [-0.25, -0.2) is 9.97 Å². The molecule has 1 aliphatic heterocycles. The lowest BCUT2D eigenvalue weighted by atomic mass is 9.88. The first-order valence-electron chi connectivity index (χ1n) is 9.54. The van der Waals surface area contributed by atoms with E-state index in [1.54, 1.807) is 18.4 Å². The number of hydrogen-bond acceptors (Lipinski definition) is 8. The van der Waals surface area contributed by atoms with Crippen molar-refractivity contribution in [1.29, 1.82) is 0 Å². The zero-order valence-electron chi connectivity index (χ0n) is 16.6. The van der Waals surface area contributed by atoms with Gasteiger partial charge >= 0.3 is 0 Å². The van der Waals surface area contributed by atoms with Gasteiger partial charge in [0.25, 0.3) is 0 Å². The van der Waals surface area contributed by atoms with E-state index in [1.165, 1.54) is 4.70 Å². The molecule has 8 heteroatoms. The normalized spacial score (nSPS) is 21.1. The number of ether oxygens (including phenoxy) is 1. The maximum absolute atomic E-state index is 5.45. The summed E-state index contributed by atoms with van der Waals surface area (Å²) in [6.07, 6.45) is 4.40. The summed E-state index contributed by atoms with van der Waals surface area (Å²) in [5.41, 5.74) is 4.29.